The quantitative estimate of drug-likeness (QED) is 0.917. The van der Waals surface area contributed by atoms with Gasteiger partial charge in [0.15, 0.2) is 11.6 Å². The number of pyridine rings is 1. The van der Waals surface area contributed by atoms with Gasteiger partial charge in [-0.05, 0) is 18.2 Å². The van der Waals surface area contributed by atoms with Crippen molar-refractivity contribution in [1.82, 2.24) is 4.98 Å². The molecule has 0 aliphatic heterocycles. The number of nitrogens with zero attached hydrogens (tertiary/aromatic N) is 1. The highest BCUT2D eigenvalue weighted by Gasteiger charge is 2.09. The third-order valence-electron chi connectivity index (χ3n) is 2.17. The summed E-state index contributed by atoms with van der Waals surface area (Å²) in [6.07, 6.45) is 0.897. The summed E-state index contributed by atoms with van der Waals surface area (Å²) < 4.78 is 43.6. The Morgan fingerprint density at radius 2 is 1.89 bits per heavy atom. The summed E-state index contributed by atoms with van der Waals surface area (Å²) in [4.78, 5) is 3.62. The van der Waals surface area contributed by atoms with Crippen LogP contribution in [0.5, 0.6) is 11.6 Å². The average molecular weight is 255 g/mol. The Bertz CT molecular complexity index is 575. The highest BCUT2D eigenvalue weighted by atomic mass is 19.2. The van der Waals surface area contributed by atoms with Crippen molar-refractivity contribution in [2.45, 2.75) is 6.61 Å². The third kappa shape index (κ3) is 2.60. The van der Waals surface area contributed by atoms with Crippen LogP contribution in [0.2, 0.25) is 0 Å². The number of halogens is 3. The molecule has 0 aliphatic carbocycles. The van der Waals surface area contributed by atoms with Crippen molar-refractivity contribution in [2.24, 2.45) is 0 Å². The molecule has 94 valence electrons. The number of aromatic nitrogens is 1. The zero-order valence-electron chi connectivity index (χ0n) is 9.03. The molecule has 1 heterocycles. The Morgan fingerprint density at radius 3 is 2.56 bits per heavy atom. The van der Waals surface area contributed by atoms with Gasteiger partial charge in [-0.3, -0.25) is 0 Å². The fourth-order valence-electron chi connectivity index (χ4n) is 1.33. The van der Waals surface area contributed by atoms with Gasteiger partial charge < -0.3 is 9.84 Å². The maximum atomic E-state index is 12.9. The second-order valence-corrected chi connectivity index (χ2v) is 3.45. The van der Waals surface area contributed by atoms with Crippen LogP contribution in [0.4, 0.5) is 13.2 Å². The standard InChI is InChI=1S/C12H8F3NO2/c13-8-3-7(6-17)12(16-5-8)18-9-1-2-10(14)11(15)4-9/h1-5,17H,6H2. The van der Waals surface area contributed by atoms with E-state index in [1.807, 2.05) is 0 Å². The molecule has 0 radical (unpaired) electrons. The molecule has 0 amide bonds. The van der Waals surface area contributed by atoms with Crippen LogP contribution in [0, 0.1) is 17.5 Å². The van der Waals surface area contributed by atoms with E-state index in [4.69, 9.17) is 9.84 Å². The van der Waals surface area contributed by atoms with Crippen LogP contribution in [-0.2, 0) is 6.61 Å². The Kier molecular flexibility index (Phi) is 3.47. The molecule has 3 nitrogen and oxygen atoms in total. The van der Waals surface area contributed by atoms with E-state index >= 15 is 0 Å². The molecule has 6 heteroatoms. The van der Waals surface area contributed by atoms with Crippen molar-refractivity contribution in [3.8, 4) is 11.6 Å². The molecular weight excluding hydrogens is 247 g/mol. The topological polar surface area (TPSA) is 42.4 Å². The lowest BCUT2D eigenvalue weighted by atomic mass is 10.3. The molecule has 1 aromatic heterocycles. The van der Waals surface area contributed by atoms with Crippen molar-refractivity contribution in [3.63, 3.8) is 0 Å². The smallest absolute Gasteiger partial charge is 0.224 e. The van der Waals surface area contributed by atoms with Crippen LogP contribution in [0.3, 0.4) is 0 Å². The van der Waals surface area contributed by atoms with E-state index < -0.39 is 24.1 Å². The maximum absolute atomic E-state index is 12.9. The van der Waals surface area contributed by atoms with E-state index in [1.165, 1.54) is 6.07 Å². The molecular formula is C12H8F3NO2. The fourth-order valence-corrected chi connectivity index (χ4v) is 1.33. The molecule has 0 spiro atoms. The van der Waals surface area contributed by atoms with Crippen molar-refractivity contribution >= 4 is 0 Å². The van der Waals surface area contributed by atoms with Gasteiger partial charge in [-0.15, -0.1) is 0 Å². The summed E-state index contributed by atoms with van der Waals surface area (Å²) in [5, 5.41) is 9.00. The second-order valence-electron chi connectivity index (χ2n) is 3.45. The highest BCUT2D eigenvalue weighted by molar-refractivity contribution is 5.32. The number of aliphatic hydroxyl groups is 1. The number of aliphatic hydroxyl groups excluding tert-OH is 1. The molecule has 2 aromatic rings. The van der Waals surface area contributed by atoms with Gasteiger partial charge in [0.1, 0.15) is 11.6 Å². The zero-order valence-corrected chi connectivity index (χ0v) is 9.03. The SMILES string of the molecule is OCc1cc(F)cnc1Oc1ccc(F)c(F)c1. The van der Waals surface area contributed by atoms with Gasteiger partial charge in [-0.2, -0.15) is 0 Å². The molecule has 0 bridgehead atoms. The van der Waals surface area contributed by atoms with E-state index in [9.17, 15) is 13.2 Å². The molecule has 0 saturated carbocycles. The molecule has 0 fully saturated rings. The van der Waals surface area contributed by atoms with Crippen LogP contribution in [0.15, 0.2) is 30.5 Å². The van der Waals surface area contributed by atoms with E-state index in [0.29, 0.717) is 0 Å². The predicted molar refractivity (Wildman–Crippen MR) is 56.5 cm³/mol. The number of hydrogen-bond donors (Lipinski definition) is 1. The van der Waals surface area contributed by atoms with Gasteiger partial charge in [0.05, 0.1) is 12.8 Å². The lowest BCUT2D eigenvalue weighted by Gasteiger charge is -2.08. The minimum atomic E-state index is -1.07. The van der Waals surface area contributed by atoms with Crippen molar-refractivity contribution in [2.75, 3.05) is 0 Å². The first-order valence-electron chi connectivity index (χ1n) is 4.98. The van der Waals surface area contributed by atoms with E-state index in [2.05, 4.69) is 4.98 Å². The third-order valence-corrected chi connectivity index (χ3v) is 2.17. The van der Waals surface area contributed by atoms with Crippen molar-refractivity contribution < 1.29 is 23.0 Å². The molecule has 1 N–H and O–H groups in total. The minimum absolute atomic E-state index is 0.00251. The molecule has 1 aromatic carbocycles. The fraction of sp³-hybridized carbons (Fsp3) is 0.0833. The molecule has 0 aliphatic rings. The number of benzene rings is 1. The first kappa shape index (κ1) is 12.4. The monoisotopic (exact) mass is 255 g/mol. The van der Waals surface area contributed by atoms with Gasteiger partial charge in [-0.1, -0.05) is 0 Å². The van der Waals surface area contributed by atoms with Crippen LogP contribution >= 0.6 is 0 Å². The van der Waals surface area contributed by atoms with Gasteiger partial charge >= 0.3 is 0 Å². The number of rotatable bonds is 3. The number of hydrogen-bond acceptors (Lipinski definition) is 3. The molecule has 0 saturated heterocycles. The Balaban J connectivity index is 2.30. The van der Waals surface area contributed by atoms with Crippen LogP contribution < -0.4 is 4.74 Å². The summed E-state index contributed by atoms with van der Waals surface area (Å²) in [6, 6.07) is 3.97. The number of ether oxygens (including phenoxy) is 1. The van der Waals surface area contributed by atoms with Gasteiger partial charge in [-0.25, -0.2) is 18.2 Å². The van der Waals surface area contributed by atoms with Gasteiger partial charge in [0.25, 0.3) is 0 Å². The summed E-state index contributed by atoms with van der Waals surface area (Å²) in [5.41, 5.74) is 0.111. The Morgan fingerprint density at radius 1 is 1.11 bits per heavy atom. The zero-order chi connectivity index (χ0) is 13.1. The molecule has 0 atom stereocenters. The van der Waals surface area contributed by atoms with E-state index in [-0.39, 0.29) is 17.2 Å². The van der Waals surface area contributed by atoms with Crippen molar-refractivity contribution in [3.05, 3.63) is 53.5 Å². The molecule has 18 heavy (non-hydrogen) atoms. The average Bonchev–Trinajstić information content (AvgIpc) is 2.36. The maximum Gasteiger partial charge on any atom is 0.224 e. The predicted octanol–water partition coefficient (Wildman–Crippen LogP) is 2.78. The minimum Gasteiger partial charge on any atom is -0.439 e. The van der Waals surface area contributed by atoms with Gasteiger partial charge in [0, 0.05) is 11.6 Å². The van der Waals surface area contributed by atoms with Gasteiger partial charge in [0.2, 0.25) is 5.88 Å². The normalized spacial score (nSPS) is 10.4. The lowest BCUT2D eigenvalue weighted by molar-refractivity contribution is 0.274. The first-order chi connectivity index (χ1) is 8.60. The first-order valence-corrected chi connectivity index (χ1v) is 4.98. The van der Waals surface area contributed by atoms with E-state index in [1.54, 1.807) is 0 Å². The van der Waals surface area contributed by atoms with Crippen LogP contribution in [0.1, 0.15) is 5.56 Å². The highest BCUT2D eigenvalue weighted by Crippen LogP contribution is 2.24. The molecule has 2 rings (SSSR count). The summed E-state index contributed by atoms with van der Waals surface area (Å²) in [6.45, 7) is -0.482. The summed E-state index contributed by atoms with van der Waals surface area (Å²) in [5.74, 6) is -2.76. The van der Waals surface area contributed by atoms with Crippen molar-refractivity contribution in [1.29, 1.82) is 0 Å². The lowest BCUT2D eigenvalue weighted by Crippen LogP contribution is -1.97. The molecule has 0 unspecified atom stereocenters. The summed E-state index contributed by atoms with van der Waals surface area (Å²) >= 11 is 0. The largest absolute Gasteiger partial charge is 0.439 e. The second kappa shape index (κ2) is 5.05. The Hall–Kier alpha value is -2.08. The van der Waals surface area contributed by atoms with E-state index in [0.717, 1.165) is 24.4 Å². The Labute approximate surface area is 100 Å². The van der Waals surface area contributed by atoms with Crippen LogP contribution in [-0.4, -0.2) is 10.1 Å². The van der Waals surface area contributed by atoms with Crippen LogP contribution in [0.25, 0.3) is 0 Å². The summed E-state index contributed by atoms with van der Waals surface area (Å²) in [7, 11) is 0.